The zero-order valence-corrected chi connectivity index (χ0v) is 7.57. The smallest absolute Gasteiger partial charge is 0.0323 e. The third-order valence-electron chi connectivity index (χ3n) is 2.56. The van der Waals surface area contributed by atoms with E-state index in [-0.39, 0.29) is 0 Å². The van der Waals surface area contributed by atoms with Crippen molar-refractivity contribution < 1.29 is 0 Å². The highest BCUT2D eigenvalue weighted by Gasteiger charge is 1.99. The molecule has 0 heterocycles. The first-order valence-electron chi connectivity index (χ1n) is 5.06. The minimum Gasteiger partial charge on any atom is -0.0999 e. The molecule has 1 rings (SSSR count). The third kappa shape index (κ3) is 4.23. The van der Waals surface area contributed by atoms with Gasteiger partial charge in [-0.3, -0.25) is 0 Å². The van der Waals surface area contributed by atoms with Crippen molar-refractivity contribution in [3.05, 3.63) is 12.2 Å². The molecule has 1 saturated carbocycles. The van der Waals surface area contributed by atoms with Crippen LogP contribution in [-0.4, -0.2) is 0 Å². The molecule has 0 aromatic heterocycles. The standard InChI is InChI=1S/C11H20/c1-11-9-7-5-3-2-4-6-8-10-11/h1-10H2. The Hall–Kier alpha value is -0.260. The van der Waals surface area contributed by atoms with Gasteiger partial charge in [-0.2, -0.15) is 0 Å². The zero-order valence-electron chi connectivity index (χ0n) is 7.57. The molecule has 0 nitrogen and oxygen atoms in total. The molecule has 0 aromatic carbocycles. The Kier molecular flexibility index (Phi) is 4.33. The van der Waals surface area contributed by atoms with E-state index in [1.165, 1.54) is 63.4 Å². The molecule has 1 fully saturated rings. The van der Waals surface area contributed by atoms with Crippen molar-refractivity contribution in [1.82, 2.24) is 0 Å². The van der Waals surface area contributed by atoms with Crippen molar-refractivity contribution in [3.63, 3.8) is 0 Å². The highest BCUT2D eigenvalue weighted by atomic mass is 14.0. The minimum atomic E-state index is 1.29. The Balaban J connectivity index is 2.17. The van der Waals surface area contributed by atoms with E-state index in [4.69, 9.17) is 0 Å². The predicted octanol–water partition coefficient (Wildman–Crippen LogP) is 4.07. The molecule has 1 aliphatic rings. The lowest BCUT2D eigenvalue weighted by Gasteiger charge is -2.08. The summed E-state index contributed by atoms with van der Waals surface area (Å²) >= 11 is 0. The lowest BCUT2D eigenvalue weighted by atomic mass is 9.98. The van der Waals surface area contributed by atoms with Gasteiger partial charge < -0.3 is 0 Å². The molecule has 0 aliphatic heterocycles. The summed E-state index contributed by atoms with van der Waals surface area (Å²) in [5, 5.41) is 0. The fourth-order valence-corrected chi connectivity index (χ4v) is 1.76. The van der Waals surface area contributed by atoms with Crippen LogP contribution in [0.5, 0.6) is 0 Å². The van der Waals surface area contributed by atoms with Gasteiger partial charge in [0.15, 0.2) is 0 Å². The molecule has 0 amide bonds. The Bertz CT molecular complexity index is 101. The highest BCUT2D eigenvalue weighted by Crippen LogP contribution is 2.18. The number of rotatable bonds is 0. The molecule has 0 unspecified atom stereocenters. The van der Waals surface area contributed by atoms with E-state index in [9.17, 15) is 0 Å². The van der Waals surface area contributed by atoms with Gasteiger partial charge in [-0.1, -0.05) is 44.3 Å². The molecule has 0 saturated heterocycles. The summed E-state index contributed by atoms with van der Waals surface area (Å²) in [6, 6.07) is 0. The fourth-order valence-electron chi connectivity index (χ4n) is 1.76. The predicted molar refractivity (Wildman–Crippen MR) is 50.7 cm³/mol. The van der Waals surface area contributed by atoms with E-state index in [1.54, 1.807) is 0 Å². The van der Waals surface area contributed by atoms with Gasteiger partial charge in [0.1, 0.15) is 0 Å². The Morgan fingerprint density at radius 1 is 0.636 bits per heavy atom. The third-order valence-corrected chi connectivity index (χ3v) is 2.56. The lowest BCUT2D eigenvalue weighted by Crippen LogP contribution is -1.88. The van der Waals surface area contributed by atoms with E-state index in [0.717, 1.165) is 0 Å². The molecular formula is C11H20. The van der Waals surface area contributed by atoms with E-state index in [2.05, 4.69) is 6.58 Å². The van der Waals surface area contributed by atoms with Crippen molar-refractivity contribution in [1.29, 1.82) is 0 Å². The molecule has 0 atom stereocenters. The number of hydrogen-bond donors (Lipinski definition) is 0. The van der Waals surface area contributed by atoms with Crippen LogP contribution in [0.15, 0.2) is 12.2 Å². The van der Waals surface area contributed by atoms with Crippen molar-refractivity contribution in [2.45, 2.75) is 57.8 Å². The molecule has 64 valence electrons. The Morgan fingerprint density at radius 2 is 1.00 bits per heavy atom. The first-order chi connectivity index (χ1) is 5.39. The second kappa shape index (κ2) is 5.40. The zero-order chi connectivity index (χ0) is 7.94. The fraction of sp³-hybridized carbons (Fsp3) is 0.818. The van der Waals surface area contributed by atoms with Crippen LogP contribution in [-0.2, 0) is 0 Å². The summed E-state index contributed by atoms with van der Waals surface area (Å²) in [5.41, 5.74) is 1.49. The molecule has 1 aliphatic carbocycles. The summed E-state index contributed by atoms with van der Waals surface area (Å²) in [6.07, 6.45) is 12.6. The second-order valence-corrected chi connectivity index (χ2v) is 3.72. The van der Waals surface area contributed by atoms with E-state index in [0.29, 0.717) is 0 Å². The average Bonchev–Trinajstić information content (AvgIpc) is 2.03. The van der Waals surface area contributed by atoms with Gasteiger partial charge >= 0.3 is 0 Å². The normalized spacial score (nSPS) is 23.1. The molecule has 0 radical (unpaired) electrons. The van der Waals surface area contributed by atoms with Crippen LogP contribution < -0.4 is 0 Å². The maximum absolute atomic E-state index is 4.09. The molecule has 0 aromatic rings. The molecule has 0 spiro atoms. The van der Waals surface area contributed by atoms with Gasteiger partial charge in [0.25, 0.3) is 0 Å². The second-order valence-electron chi connectivity index (χ2n) is 3.72. The first kappa shape index (κ1) is 8.83. The van der Waals surface area contributed by atoms with Gasteiger partial charge in [-0.15, -0.1) is 0 Å². The van der Waals surface area contributed by atoms with E-state index >= 15 is 0 Å². The summed E-state index contributed by atoms with van der Waals surface area (Å²) < 4.78 is 0. The SMILES string of the molecule is C=C1CCCCCCCCC1. The lowest BCUT2D eigenvalue weighted by molar-refractivity contribution is 0.552. The number of hydrogen-bond acceptors (Lipinski definition) is 0. The molecular weight excluding hydrogens is 132 g/mol. The van der Waals surface area contributed by atoms with Crippen molar-refractivity contribution in [3.8, 4) is 0 Å². The van der Waals surface area contributed by atoms with Gasteiger partial charge in [-0.05, 0) is 25.7 Å². The summed E-state index contributed by atoms with van der Waals surface area (Å²) in [4.78, 5) is 0. The molecule has 0 bridgehead atoms. The summed E-state index contributed by atoms with van der Waals surface area (Å²) in [5.74, 6) is 0. The van der Waals surface area contributed by atoms with Crippen LogP contribution in [0, 0.1) is 0 Å². The van der Waals surface area contributed by atoms with Crippen molar-refractivity contribution in [2.24, 2.45) is 0 Å². The quantitative estimate of drug-likeness (QED) is 0.459. The molecule has 0 N–H and O–H groups in total. The minimum absolute atomic E-state index is 1.29. The Labute approximate surface area is 70.7 Å². The molecule has 11 heavy (non-hydrogen) atoms. The largest absolute Gasteiger partial charge is 0.0999 e. The Morgan fingerprint density at radius 3 is 1.45 bits per heavy atom. The van der Waals surface area contributed by atoms with Gasteiger partial charge in [0.05, 0.1) is 0 Å². The van der Waals surface area contributed by atoms with E-state index in [1.807, 2.05) is 0 Å². The summed E-state index contributed by atoms with van der Waals surface area (Å²) in [6.45, 7) is 4.09. The monoisotopic (exact) mass is 152 g/mol. The maximum atomic E-state index is 4.09. The van der Waals surface area contributed by atoms with Crippen molar-refractivity contribution in [2.75, 3.05) is 0 Å². The van der Waals surface area contributed by atoms with Crippen LogP contribution in [0.1, 0.15) is 57.8 Å². The van der Waals surface area contributed by atoms with Crippen LogP contribution in [0.3, 0.4) is 0 Å². The highest BCUT2D eigenvalue weighted by molar-refractivity contribution is 4.93. The van der Waals surface area contributed by atoms with Gasteiger partial charge in [0.2, 0.25) is 0 Å². The first-order valence-corrected chi connectivity index (χ1v) is 5.06. The van der Waals surface area contributed by atoms with Crippen molar-refractivity contribution >= 4 is 0 Å². The van der Waals surface area contributed by atoms with Crippen LogP contribution in [0.25, 0.3) is 0 Å². The van der Waals surface area contributed by atoms with Crippen LogP contribution >= 0.6 is 0 Å². The maximum Gasteiger partial charge on any atom is -0.0323 e. The van der Waals surface area contributed by atoms with Gasteiger partial charge in [-0.25, -0.2) is 0 Å². The van der Waals surface area contributed by atoms with Crippen LogP contribution in [0.4, 0.5) is 0 Å². The van der Waals surface area contributed by atoms with Gasteiger partial charge in [0, 0.05) is 0 Å². The molecule has 0 heteroatoms. The van der Waals surface area contributed by atoms with Crippen LogP contribution in [0.2, 0.25) is 0 Å². The summed E-state index contributed by atoms with van der Waals surface area (Å²) in [7, 11) is 0. The average molecular weight is 152 g/mol. The van der Waals surface area contributed by atoms with E-state index < -0.39 is 0 Å². The number of allylic oxidation sites excluding steroid dienone is 1. The topological polar surface area (TPSA) is 0 Å².